The number of hydrogen-bond donors (Lipinski definition) is 0. The summed E-state index contributed by atoms with van der Waals surface area (Å²) >= 11 is 1.37. The lowest BCUT2D eigenvalue weighted by molar-refractivity contribution is -0.144. The zero-order valence-electron chi connectivity index (χ0n) is 16.7. The van der Waals surface area contributed by atoms with Crippen molar-refractivity contribution in [1.29, 1.82) is 0 Å². The number of fused-ring (bicyclic) bond motifs is 1. The summed E-state index contributed by atoms with van der Waals surface area (Å²) in [4.78, 5) is 17.7. The van der Waals surface area contributed by atoms with Crippen LogP contribution in [-0.4, -0.2) is 33.1 Å². The molecule has 0 fully saturated rings. The molecule has 0 atom stereocenters. The van der Waals surface area contributed by atoms with Crippen molar-refractivity contribution < 1.29 is 18.7 Å². The molecule has 30 heavy (non-hydrogen) atoms. The molecule has 0 bridgehead atoms. The molecule has 7 nitrogen and oxygen atoms in total. The van der Waals surface area contributed by atoms with Crippen LogP contribution in [0.15, 0.2) is 36.4 Å². The fourth-order valence-electron chi connectivity index (χ4n) is 3.07. The summed E-state index contributed by atoms with van der Waals surface area (Å²) in [6, 6.07) is 9.93. The molecular weight excluding hydrogens is 407 g/mol. The number of methoxy groups -OCH3 is 1. The highest BCUT2D eigenvalue weighted by Crippen LogP contribution is 2.35. The SMILES string of the molecule is COc1cc(F)ccc1-c1nc(C)c(CC(=O)OCc2ccc3c(c2)nnn3C)s1. The monoisotopic (exact) mass is 426 g/mol. The molecule has 0 N–H and O–H groups in total. The maximum atomic E-state index is 13.5. The summed E-state index contributed by atoms with van der Waals surface area (Å²) in [5.74, 6) is -0.330. The molecule has 0 unspecified atom stereocenters. The van der Waals surface area contributed by atoms with Crippen LogP contribution >= 0.6 is 11.3 Å². The summed E-state index contributed by atoms with van der Waals surface area (Å²) in [5.41, 5.74) is 3.92. The lowest BCUT2D eigenvalue weighted by Crippen LogP contribution is -2.07. The zero-order chi connectivity index (χ0) is 21.3. The minimum Gasteiger partial charge on any atom is -0.496 e. The lowest BCUT2D eigenvalue weighted by atomic mass is 10.2. The molecule has 9 heteroatoms. The molecule has 0 radical (unpaired) electrons. The van der Waals surface area contributed by atoms with Gasteiger partial charge in [-0.25, -0.2) is 14.1 Å². The molecule has 0 aliphatic heterocycles. The van der Waals surface area contributed by atoms with Crippen LogP contribution in [0.3, 0.4) is 0 Å². The summed E-state index contributed by atoms with van der Waals surface area (Å²) in [6.07, 6.45) is 0.112. The number of aromatic nitrogens is 4. The zero-order valence-corrected chi connectivity index (χ0v) is 17.5. The molecule has 154 valence electrons. The van der Waals surface area contributed by atoms with Crippen molar-refractivity contribution in [3.63, 3.8) is 0 Å². The van der Waals surface area contributed by atoms with E-state index >= 15 is 0 Å². The van der Waals surface area contributed by atoms with Gasteiger partial charge in [0.25, 0.3) is 0 Å². The first-order valence-corrected chi connectivity index (χ1v) is 10.0. The highest BCUT2D eigenvalue weighted by Gasteiger charge is 2.17. The van der Waals surface area contributed by atoms with Crippen molar-refractivity contribution in [3.05, 3.63) is 58.3 Å². The summed E-state index contributed by atoms with van der Waals surface area (Å²) < 4.78 is 25.8. The van der Waals surface area contributed by atoms with Gasteiger partial charge in [0.1, 0.15) is 28.7 Å². The highest BCUT2D eigenvalue weighted by molar-refractivity contribution is 7.15. The first kappa shape index (κ1) is 20.0. The van der Waals surface area contributed by atoms with Gasteiger partial charge in [0, 0.05) is 18.0 Å². The average molecular weight is 426 g/mol. The van der Waals surface area contributed by atoms with Crippen molar-refractivity contribution in [2.24, 2.45) is 7.05 Å². The Morgan fingerprint density at radius 2 is 2.07 bits per heavy atom. The van der Waals surface area contributed by atoms with E-state index in [1.165, 1.54) is 30.6 Å². The molecule has 0 aliphatic carbocycles. The number of carbonyl (C=O) groups is 1. The second-order valence-corrected chi connectivity index (χ2v) is 7.83. The van der Waals surface area contributed by atoms with Crippen LogP contribution in [0.2, 0.25) is 0 Å². The van der Waals surface area contributed by atoms with Gasteiger partial charge in [-0.2, -0.15) is 0 Å². The Kier molecular flexibility index (Phi) is 5.45. The minimum absolute atomic E-state index is 0.112. The van der Waals surface area contributed by atoms with Gasteiger partial charge >= 0.3 is 5.97 Å². The molecule has 0 amide bonds. The Morgan fingerprint density at radius 1 is 1.23 bits per heavy atom. The Hall–Kier alpha value is -3.33. The van der Waals surface area contributed by atoms with Crippen LogP contribution < -0.4 is 4.74 Å². The standard InChI is InChI=1S/C21H19FN4O3S/c1-12-19(30-21(23-12)15-6-5-14(22)9-18(15)28-3)10-20(27)29-11-13-4-7-17-16(8-13)24-25-26(17)2/h4-9H,10-11H2,1-3H3. The number of nitrogens with zero attached hydrogens (tertiary/aromatic N) is 4. The molecule has 2 aromatic carbocycles. The smallest absolute Gasteiger partial charge is 0.311 e. The fraction of sp³-hybridized carbons (Fsp3) is 0.238. The van der Waals surface area contributed by atoms with Gasteiger partial charge in [-0.3, -0.25) is 4.79 Å². The van der Waals surface area contributed by atoms with Crippen LogP contribution in [-0.2, 0) is 29.6 Å². The molecule has 4 rings (SSSR count). The summed E-state index contributed by atoms with van der Waals surface area (Å²) in [7, 11) is 3.30. The highest BCUT2D eigenvalue weighted by atomic mass is 32.1. The quantitative estimate of drug-likeness (QED) is 0.436. The van der Waals surface area contributed by atoms with E-state index in [9.17, 15) is 9.18 Å². The molecule has 0 saturated carbocycles. The van der Waals surface area contributed by atoms with E-state index in [1.807, 2.05) is 32.2 Å². The number of esters is 1. The molecule has 2 aromatic heterocycles. The third kappa shape index (κ3) is 4.02. The molecule has 0 saturated heterocycles. The van der Waals surface area contributed by atoms with E-state index < -0.39 is 0 Å². The van der Waals surface area contributed by atoms with Crippen LogP contribution in [0.5, 0.6) is 5.75 Å². The van der Waals surface area contributed by atoms with Crippen molar-refractivity contribution in [1.82, 2.24) is 20.0 Å². The molecule has 0 aliphatic rings. The van der Waals surface area contributed by atoms with Crippen LogP contribution in [0.25, 0.3) is 21.6 Å². The minimum atomic E-state index is -0.382. The predicted molar refractivity (Wildman–Crippen MR) is 111 cm³/mol. The number of aryl methyl sites for hydroxylation is 2. The first-order valence-electron chi connectivity index (χ1n) is 9.18. The van der Waals surface area contributed by atoms with E-state index in [0.29, 0.717) is 16.3 Å². The third-order valence-electron chi connectivity index (χ3n) is 4.67. The van der Waals surface area contributed by atoms with E-state index in [0.717, 1.165) is 27.2 Å². The first-order chi connectivity index (χ1) is 14.4. The maximum Gasteiger partial charge on any atom is 0.311 e. The van der Waals surface area contributed by atoms with Gasteiger partial charge < -0.3 is 9.47 Å². The molecule has 4 aromatic rings. The van der Waals surface area contributed by atoms with Crippen molar-refractivity contribution in [3.8, 4) is 16.3 Å². The van der Waals surface area contributed by atoms with E-state index in [4.69, 9.17) is 9.47 Å². The van der Waals surface area contributed by atoms with Crippen molar-refractivity contribution >= 4 is 28.3 Å². The van der Waals surface area contributed by atoms with Gasteiger partial charge in [-0.1, -0.05) is 11.3 Å². The number of halogens is 1. The molecule has 0 spiro atoms. The van der Waals surface area contributed by atoms with E-state index in [1.54, 1.807) is 10.7 Å². The van der Waals surface area contributed by atoms with Gasteiger partial charge in [0.05, 0.1) is 30.3 Å². The lowest BCUT2D eigenvalue weighted by Gasteiger charge is -2.05. The maximum absolute atomic E-state index is 13.5. The van der Waals surface area contributed by atoms with Crippen LogP contribution in [0.4, 0.5) is 4.39 Å². The Bertz CT molecular complexity index is 1230. The summed E-state index contributed by atoms with van der Waals surface area (Å²) in [6.45, 7) is 1.99. The number of ether oxygens (including phenoxy) is 2. The van der Waals surface area contributed by atoms with Gasteiger partial charge in [-0.05, 0) is 36.8 Å². The van der Waals surface area contributed by atoms with Crippen LogP contribution in [0, 0.1) is 12.7 Å². The largest absolute Gasteiger partial charge is 0.496 e. The molecular formula is C21H19FN4O3S. The topological polar surface area (TPSA) is 79.1 Å². The van der Waals surface area contributed by atoms with Gasteiger partial charge in [0.2, 0.25) is 0 Å². The van der Waals surface area contributed by atoms with Crippen molar-refractivity contribution in [2.45, 2.75) is 20.0 Å². The average Bonchev–Trinajstić information content (AvgIpc) is 3.28. The van der Waals surface area contributed by atoms with Gasteiger partial charge in [0.15, 0.2) is 0 Å². The second-order valence-electron chi connectivity index (χ2n) is 6.75. The fourth-order valence-corrected chi connectivity index (χ4v) is 4.15. The number of carbonyl (C=O) groups excluding carboxylic acids is 1. The second kappa shape index (κ2) is 8.19. The third-order valence-corrected chi connectivity index (χ3v) is 5.86. The Labute approximate surface area is 176 Å². The number of hydrogen-bond acceptors (Lipinski definition) is 7. The Morgan fingerprint density at radius 3 is 2.87 bits per heavy atom. The number of rotatable bonds is 6. The van der Waals surface area contributed by atoms with Crippen molar-refractivity contribution in [2.75, 3.05) is 7.11 Å². The van der Waals surface area contributed by atoms with Crippen LogP contribution in [0.1, 0.15) is 16.1 Å². The van der Waals surface area contributed by atoms with Gasteiger partial charge in [-0.15, -0.1) is 16.4 Å². The van der Waals surface area contributed by atoms with E-state index in [-0.39, 0.29) is 24.8 Å². The number of benzene rings is 2. The number of thiazole rings is 1. The molecule has 2 heterocycles. The Balaban J connectivity index is 1.44. The van der Waals surface area contributed by atoms with E-state index in [2.05, 4.69) is 15.3 Å². The predicted octanol–water partition coefficient (Wildman–Crippen LogP) is 3.83. The summed E-state index contributed by atoms with van der Waals surface area (Å²) in [5, 5.41) is 8.70. The normalized spacial score (nSPS) is 11.1.